The van der Waals surface area contributed by atoms with Gasteiger partial charge in [0.2, 0.25) is 5.79 Å². The summed E-state index contributed by atoms with van der Waals surface area (Å²) in [6.45, 7) is -0.780. The van der Waals surface area contributed by atoms with Crippen molar-refractivity contribution in [1.82, 2.24) is 0 Å². The second-order valence-corrected chi connectivity index (χ2v) is 2.52. The number of rotatable bonds is 2. The standard InChI is InChI=1S/C8H10O4/c9-5-8(11,12)6-1-3-7(10)4-2-6/h1-4,9-12H,5H2. The SMILES string of the molecule is OCC(O)(O)c1ccc(O)cc1. The first-order valence-electron chi connectivity index (χ1n) is 3.41. The Labute approximate surface area is 69.3 Å². The highest BCUT2D eigenvalue weighted by Gasteiger charge is 2.23. The van der Waals surface area contributed by atoms with E-state index in [1.165, 1.54) is 24.3 Å². The molecule has 0 atom stereocenters. The first-order valence-corrected chi connectivity index (χ1v) is 3.41. The second-order valence-electron chi connectivity index (χ2n) is 2.52. The molecule has 1 aromatic rings. The fraction of sp³-hybridized carbons (Fsp3) is 0.250. The van der Waals surface area contributed by atoms with Gasteiger partial charge < -0.3 is 20.4 Å². The average Bonchev–Trinajstić information content (AvgIpc) is 2.05. The monoisotopic (exact) mass is 170 g/mol. The Hall–Kier alpha value is -1.10. The Kier molecular flexibility index (Phi) is 2.32. The van der Waals surface area contributed by atoms with Crippen LogP contribution in [0.2, 0.25) is 0 Å². The summed E-state index contributed by atoms with van der Waals surface area (Å²) in [6.07, 6.45) is 0. The van der Waals surface area contributed by atoms with Crippen LogP contribution < -0.4 is 0 Å². The number of hydrogen-bond donors (Lipinski definition) is 4. The van der Waals surface area contributed by atoms with Crippen LogP contribution in [0.15, 0.2) is 24.3 Å². The summed E-state index contributed by atoms with van der Waals surface area (Å²) in [7, 11) is 0. The van der Waals surface area contributed by atoms with Crippen molar-refractivity contribution in [2.75, 3.05) is 6.61 Å². The third kappa shape index (κ3) is 1.73. The average molecular weight is 170 g/mol. The fourth-order valence-electron chi connectivity index (χ4n) is 0.820. The van der Waals surface area contributed by atoms with Gasteiger partial charge in [0, 0.05) is 5.56 Å². The van der Waals surface area contributed by atoms with Crippen LogP contribution in [0, 0.1) is 0 Å². The molecule has 4 N–H and O–H groups in total. The summed E-state index contributed by atoms with van der Waals surface area (Å²) in [5.41, 5.74) is 0.141. The van der Waals surface area contributed by atoms with Gasteiger partial charge in [-0.1, -0.05) is 0 Å². The van der Waals surface area contributed by atoms with Crippen LogP contribution in [0.25, 0.3) is 0 Å². The van der Waals surface area contributed by atoms with Gasteiger partial charge in [-0.2, -0.15) is 0 Å². The molecule has 0 radical (unpaired) electrons. The highest BCUT2D eigenvalue weighted by atomic mass is 16.5. The smallest absolute Gasteiger partial charge is 0.213 e. The first-order chi connectivity index (χ1) is 5.56. The van der Waals surface area contributed by atoms with E-state index < -0.39 is 12.4 Å². The largest absolute Gasteiger partial charge is 0.508 e. The molecule has 0 fully saturated rings. The van der Waals surface area contributed by atoms with Crippen LogP contribution in [0.1, 0.15) is 5.56 Å². The lowest BCUT2D eigenvalue weighted by molar-refractivity contribution is -0.195. The van der Waals surface area contributed by atoms with E-state index in [1.54, 1.807) is 0 Å². The maximum Gasteiger partial charge on any atom is 0.213 e. The van der Waals surface area contributed by atoms with Crippen LogP contribution >= 0.6 is 0 Å². The quantitative estimate of drug-likeness (QED) is 0.452. The van der Waals surface area contributed by atoms with Crippen molar-refractivity contribution in [3.8, 4) is 5.75 Å². The molecule has 0 saturated heterocycles. The molecule has 0 aliphatic carbocycles. The number of aromatic hydroxyl groups is 1. The normalized spacial score (nSPS) is 11.6. The Morgan fingerprint density at radius 1 is 1.08 bits per heavy atom. The highest BCUT2D eigenvalue weighted by Crippen LogP contribution is 2.19. The molecule has 1 aromatic carbocycles. The summed E-state index contributed by atoms with van der Waals surface area (Å²) in [4.78, 5) is 0. The van der Waals surface area contributed by atoms with Crippen LogP contribution in [-0.4, -0.2) is 27.0 Å². The zero-order valence-corrected chi connectivity index (χ0v) is 6.31. The lowest BCUT2D eigenvalue weighted by Crippen LogP contribution is -2.29. The number of aliphatic hydroxyl groups excluding tert-OH is 1. The van der Waals surface area contributed by atoms with E-state index >= 15 is 0 Å². The van der Waals surface area contributed by atoms with E-state index in [0.717, 1.165) is 0 Å². The van der Waals surface area contributed by atoms with E-state index in [9.17, 15) is 0 Å². The molecule has 0 heterocycles. The van der Waals surface area contributed by atoms with Crippen molar-refractivity contribution < 1.29 is 20.4 Å². The molecule has 66 valence electrons. The maximum atomic E-state index is 9.11. The van der Waals surface area contributed by atoms with Gasteiger partial charge >= 0.3 is 0 Å². The predicted molar refractivity (Wildman–Crippen MR) is 41.3 cm³/mol. The molecular weight excluding hydrogens is 160 g/mol. The van der Waals surface area contributed by atoms with Gasteiger partial charge in [0.15, 0.2) is 0 Å². The number of aliphatic hydroxyl groups is 3. The summed E-state index contributed by atoms with van der Waals surface area (Å²) in [5, 5.41) is 35.6. The molecule has 4 nitrogen and oxygen atoms in total. The Morgan fingerprint density at radius 2 is 1.58 bits per heavy atom. The Balaban J connectivity index is 2.96. The molecule has 0 aliphatic heterocycles. The third-order valence-electron chi connectivity index (χ3n) is 1.55. The molecule has 0 aliphatic rings. The van der Waals surface area contributed by atoms with E-state index in [4.69, 9.17) is 20.4 Å². The van der Waals surface area contributed by atoms with Crippen molar-refractivity contribution in [3.05, 3.63) is 29.8 Å². The van der Waals surface area contributed by atoms with Crippen LogP contribution in [0.3, 0.4) is 0 Å². The fourth-order valence-corrected chi connectivity index (χ4v) is 0.820. The third-order valence-corrected chi connectivity index (χ3v) is 1.55. The van der Waals surface area contributed by atoms with E-state index in [1.807, 2.05) is 0 Å². The summed E-state index contributed by atoms with van der Waals surface area (Å²) >= 11 is 0. The minimum atomic E-state index is -2.23. The molecule has 1 rings (SSSR count). The van der Waals surface area contributed by atoms with Crippen LogP contribution in [0.5, 0.6) is 5.75 Å². The van der Waals surface area contributed by atoms with Gasteiger partial charge in [-0.15, -0.1) is 0 Å². The van der Waals surface area contributed by atoms with Crippen LogP contribution in [0.4, 0.5) is 0 Å². The minimum Gasteiger partial charge on any atom is -0.508 e. The Bertz CT molecular complexity index is 252. The van der Waals surface area contributed by atoms with Gasteiger partial charge in [0.05, 0.1) is 0 Å². The van der Waals surface area contributed by atoms with Gasteiger partial charge in [-0.25, -0.2) is 0 Å². The van der Waals surface area contributed by atoms with Crippen molar-refractivity contribution in [3.63, 3.8) is 0 Å². The molecule has 0 amide bonds. The lowest BCUT2D eigenvalue weighted by atomic mass is 10.1. The molecule has 0 unspecified atom stereocenters. The zero-order valence-electron chi connectivity index (χ0n) is 6.31. The molecule has 0 saturated carbocycles. The van der Waals surface area contributed by atoms with Crippen molar-refractivity contribution in [2.45, 2.75) is 5.79 Å². The second kappa shape index (κ2) is 3.10. The van der Waals surface area contributed by atoms with Gasteiger partial charge in [0.1, 0.15) is 12.4 Å². The van der Waals surface area contributed by atoms with E-state index in [-0.39, 0.29) is 11.3 Å². The maximum absolute atomic E-state index is 9.11. The van der Waals surface area contributed by atoms with Gasteiger partial charge in [0.25, 0.3) is 0 Å². The summed E-state index contributed by atoms with van der Waals surface area (Å²) in [6, 6.07) is 5.27. The molecular formula is C8H10O4. The minimum absolute atomic E-state index is 0.0347. The van der Waals surface area contributed by atoms with Gasteiger partial charge in [-0.05, 0) is 24.3 Å². The van der Waals surface area contributed by atoms with Crippen molar-refractivity contribution >= 4 is 0 Å². The highest BCUT2D eigenvalue weighted by molar-refractivity contribution is 5.28. The van der Waals surface area contributed by atoms with Crippen molar-refractivity contribution in [1.29, 1.82) is 0 Å². The first kappa shape index (κ1) is 8.99. The number of benzene rings is 1. The summed E-state index contributed by atoms with van der Waals surface area (Å²) < 4.78 is 0. The van der Waals surface area contributed by atoms with Crippen LogP contribution in [-0.2, 0) is 5.79 Å². The number of phenols is 1. The molecule has 0 bridgehead atoms. The van der Waals surface area contributed by atoms with E-state index in [2.05, 4.69) is 0 Å². The predicted octanol–water partition coefficient (Wildman–Crippen LogP) is -0.478. The lowest BCUT2D eigenvalue weighted by Gasteiger charge is -2.18. The number of hydrogen-bond acceptors (Lipinski definition) is 4. The van der Waals surface area contributed by atoms with Gasteiger partial charge in [-0.3, -0.25) is 0 Å². The Morgan fingerprint density at radius 3 is 2.00 bits per heavy atom. The van der Waals surface area contributed by atoms with Crippen molar-refractivity contribution in [2.24, 2.45) is 0 Å². The summed E-state index contributed by atoms with van der Waals surface area (Å²) in [5.74, 6) is -2.19. The molecule has 12 heavy (non-hydrogen) atoms. The molecule has 4 heteroatoms. The molecule has 0 spiro atoms. The zero-order chi connectivity index (χ0) is 9.19. The molecule has 0 aromatic heterocycles. The number of phenolic OH excluding ortho intramolecular Hbond substituents is 1. The topological polar surface area (TPSA) is 80.9 Å². The van der Waals surface area contributed by atoms with E-state index in [0.29, 0.717) is 0 Å².